The Labute approximate surface area is 213 Å². The molecule has 5 nitrogen and oxygen atoms in total. The number of nitrogens with zero attached hydrogens (tertiary/aromatic N) is 1. The molecule has 0 spiro atoms. The third-order valence-corrected chi connectivity index (χ3v) is 8.55. The van der Waals surface area contributed by atoms with Crippen LogP contribution in [0.3, 0.4) is 0 Å². The predicted octanol–water partition coefficient (Wildman–Crippen LogP) is 7.15. The maximum atomic E-state index is 13.3. The van der Waals surface area contributed by atoms with Crippen molar-refractivity contribution >= 4 is 44.4 Å². The number of anilines is 1. The fourth-order valence-corrected chi connectivity index (χ4v) is 6.38. The Hall–Kier alpha value is -2.58. The maximum absolute atomic E-state index is 13.3. The van der Waals surface area contributed by atoms with Crippen molar-refractivity contribution in [1.29, 1.82) is 0 Å². The molecule has 0 bridgehead atoms. The molecule has 0 aliphatic carbocycles. The molecule has 1 aliphatic rings. The first kappa shape index (κ1) is 25.5. The van der Waals surface area contributed by atoms with Crippen LogP contribution in [0.4, 0.5) is 9.52 Å². The number of ether oxygens (including phenoxy) is 1. The molecule has 1 atom stereocenters. The lowest BCUT2D eigenvalue weighted by Crippen LogP contribution is -2.44. The van der Waals surface area contributed by atoms with E-state index >= 15 is 0 Å². The standard InChI is InChI=1S/C27H31FN2O3S2/c1-15(2)27(11-10-16-6-8-17(28)9-7-16)14-20(31)23(24(32)33-27)34-21-13-22-19(30-25(29)35-22)12-18(21)26(3,4)5/h6-9,12-13,15,31H,10-11,14H2,1-5H3,(H2,29,30). The van der Waals surface area contributed by atoms with Crippen molar-refractivity contribution in [2.24, 2.45) is 5.92 Å². The van der Waals surface area contributed by atoms with Crippen LogP contribution in [0.2, 0.25) is 0 Å². The molecule has 3 N–H and O–H groups in total. The number of aromatic nitrogens is 1. The molecule has 1 aliphatic heterocycles. The van der Waals surface area contributed by atoms with E-state index in [0.717, 1.165) is 26.2 Å². The second kappa shape index (κ2) is 9.47. The number of hydrogen-bond donors (Lipinski definition) is 2. The minimum atomic E-state index is -0.831. The molecule has 0 fully saturated rings. The fourth-order valence-electron chi connectivity index (χ4n) is 4.36. The topological polar surface area (TPSA) is 85.4 Å². The molecule has 186 valence electrons. The number of hydrogen-bond acceptors (Lipinski definition) is 7. The number of aryl methyl sites for hydroxylation is 1. The maximum Gasteiger partial charge on any atom is 0.349 e. The van der Waals surface area contributed by atoms with Crippen molar-refractivity contribution in [1.82, 2.24) is 4.98 Å². The summed E-state index contributed by atoms with van der Waals surface area (Å²) in [6, 6.07) is 10.3. The summed E-state index contributed by atoms with van der Waals surface area (Å²) in [6.07, 6.45) is 1.38. The van der Waals surface area contributed by atoms with Gasteiger partial charge in [-0.1, -0.05) is 69.9 Å². The van der Waals surface area contributed by atoms with E-state index in [0.29, 0.717) is 18.0 Å². The Balaban J connectivity index is 1.65. The van der Waals surface area contributed by atoms with Crippen LogP contribution in [0.5, 0.6) is 0 Å². The lowest BCUT2D eigenvalue weighted by atomic mass is 9.80. The summed E-state index contributed by atoms with van der Waals surface area (Å²) in [5.74, 6) is -0.770. The molecule has 1 aromatic heterocycles. The number of carbonyl (C=O) groups is 1. The van der Waals surface area contributed by atoms with Gasteiger partial charge in [0.15, 0.2) is 5.13 Å². The largest absolute Gasteiger partial charge is 0.511 e. The number of benzene rings is 2. The van der Waals surface area contributed by atoms with Crippen molar-refractivity contribution < 1.29 is 19.0 Å². The number of aliphatic hydroxyl groups excluding tert-OH is 1. The van der Waals surface area contributed by atoms with E-state index < -0.39 is 11.6 Å². The number of thiazole rings is 1. The van der Waals surface area contributed by atoms with Crippen LogP contribution in [0.15, 0.2) is 52.0 Å². The van der Waals surface area contributed by atoms with Gasteiger partial charge >= 0.3 is 5.97 Å². The van der Waals surface area contributed by atoms with Crippen molar-refractivity contribution in [3.05, 3.63) is 64.0 Å². The molecule has 35 heavy (non-hydrogen) atoms. The number of nitrogen functional groups attached to an aromatic ring is 1. The quantitative estimate of drug-likeness (QED) is 0.340. The molecule has 0 saturated carbocycles. The van der Waals surface area contributed by atoms with Crippen LogP contribution in [0.25, 0.3) is 10.2 Å². The Morgan fingerprint density at radius 2 is 1.94 bits per heavy atom. The predicted molar refractivity (Wildman–Crippen MR) is 141 cm³/mol. The number of cyclic esters (lactones) is 1. The Morgan fingerprint density at radius 3 is 2.54 bits per heavy atom. The van der Waals surface area contributed by atoms with Gasteiger partial charge in [-0.15, -0.1) is 0 Å². The zero-order valence-corrected chi connectivity index (χ0v) is 22.3. The van der Waals surface area contributed by atoms with Gasteiger partial charge in [0.05, 0.1) is 10.2 Å². The molecule has 0 radical (unpaired) electrons. The third-order valence-electron chi connectivity index (χ3n) is 6.54. The number of carbonyl (C=O) groups excluding carboxylic acids is 1. The van der Waals surface area contributed by atoms with Crippen LogP contribution < -0.4 is 5.73 Å². The summed E-state index contributed by atoms with van der Waals surface area (Å²) in [6.45, 7) is 10.3. The molecule has 0 saturated heterocycles. The van der Waals surface area contributed by atoms with Crippen molar-refractivity contribution in [2.75, 3.05) is 5.73 Å². The van der Waals surface area contributed by atoms with Crippen LogP contribution in [-0.4, -0.2) is 21.7 Å². The molecule has 8 heteroatoms. The number of rotatable bonds is 6. The highest BCUT2D eigenvalue weighted by Crippen LogP contribution is 2.46. The lowest BCUT2D eigenvalue weighted by molar-refractivity contribution is -0.164. The van der Waals surface area contributed by atoms with Crippen LogP contribution in [0.1, 0.15) is 58.6 Å². The Kier molecular flexibility index (Phi) is 6.90. The molecular weight excluding hydrogens is 483 g/mol. The van der Waals surface area contributed by atoms with E-state index in [4.69, 9.17) is 10.5 Å². The second-order valence-corrected chi connectivity index (χ2v) is 12.5. The summed E-state index contributed by atoms with van der Waals surface area (Å²) in [4.78, 5) is 18.8. The van der Waals surface area contributed by atoms with Gasteiger partial charge < -0.3 is 15.6 Å². The van der Waals surface area contributed by atoms with Crippen LogP contribution in [-0.2, 0) is 21.4 Å². The minimum Gasteiger partial charge on any atom is -0.511 e. The van der Waals surface area contributed by atoms with Gasteiger partial charge in [0.25, 0.3) is 0 Å². The van der Waals surface area contributed by atoms with E-state index in [2.05, 4.69) is 25.8 Å². The van der Waals surface area contributed by atoms with Crippen LogP contribution in [0, 0.1) is 11.7 Å². The third kappa shape index (κ3) is 5.33. The normalized spacial score (nSPS) is 19.0. The fraction of sp³-hybridized carbons (Fsp3) is 0.407. The van der Waals surface area contributed by atoms with E-state index in [1.54, 1.807) is 12.1 Å². The summed E-state index contributed by atoms with van der Waals surface area (Å²) in [5, 5.41) is 11.6. The zero-order valence-electron chi connectivity index (χ0n) is 20.6. The summed E-state index contributed by atoms with van der Waals surface area (Å²) < 4.78 is 20.3. The summed E-state index contributed by atoms with van der Waals surface area (Å²) in [5.41, 5.74) is 7.68. The number of nitrogens with two attached hydrogens (primary N) is 1. The van der Waals surface area contributed by atoms with Gasteiger partial charge in [0.2, 0.25) is 0 Å². The first-order valence-electron chi connectivity index (χ1n) is 11.7. The molecule has 1 unspecified atom stereocenters. The molecule has 3 aromatic rings. The Bertz CT molecular complexity index is 1290. The number of halogens is 1. The molecule has 2 aromatic carbocycles. The van der Waals surface area contributed by atoms with Gasteiger partial charge in [0.1, 0.15) is 22.1 Å². The van der Waals surface area contributed by atoms with E-state index in [9.17, 15) is 14.3 Å². The molecular formula is C27H31FN2O3S2. The second-order valence-electron chi connectivity index (χ2n) is 10.4. The molecule has 0 amide bonds. The average molecular weight is 515 g/mol. The lowest BCUT2D eigenvalue weighted by Gasteiger charge is -2.40. The Morgan fingerprint density at radius 1 is 1.26 bits per heavy atom. The number of esters is 1. The molecule has 2 heterocycles. The van der Waals surface area contributed by atoms with Crippen molar-refractivity contribution in [2.45, 2.75) is 69.8 Å². The van der Waals surface area contributed by atoms with E-state index in [1.165, 1.54) is 35.2 Å². The number of aliphatic hydroxyl groups is 1. The van der Waals surface area contributed by atoms with Gasteiger partial charge in [-0.25, -0.2) is 14.2 Å². The smallest absolute Gasteiger partial charge is 0.349 e. The summed E-state index contributed by atoms with van der Waals surface area (Å²) in [7, 11) is 0. The van der Waals surface area contributed by atoms with Crippen LogP contribution >= 0.6 is 23.1 Å². The highest BCUT2D eigenvalue weighted by atomic mass is 32.2. The summed E-state index contributed by atoms with van der Waals surface area (Å²) >= 11 is 2.63. The van der Waals surface area contributed by atoms with E-state index in [1.807, 2.05) is 26.0 Å². The van der Waals surface area contributed by atoms with Gasteiger partial charge in [-0.2, -0.15) is 0 Å². The first-order valence-corrected chi connectivity index (χ1v) is 13.3. The highest BCUT2D eigenvalue weighted by Gasteiger charge is 2.44. The molecule has 4 rings (SSSR count). The minimum absolute atomic E-state index is 0.0118. The average Bonchev–Trinajstić information content (AvgIpc) is 3.13. The zero-order chi connectivity index (χ0) is 25.5. The SMILES string of the molecule is CC(C)C1(CCc2ccc(F)cc2)CC(O)=C(Sc2cc3sc(N)nc3cc2C(C)(C)C)C(=O)O1. The number of fused-ring (bicyclic) bond motifs is 1. The van der Waals surface area contributed by atoms with E-state index in [-0.39, 0.29) is 34.2 Å². The van der Waals surface area contributed by atoms with Crippen molar-refractivity contribution in [3.63, 3.8) is 0 Å². The van der Waals surface area contributed by atoms with Gasteiger partial charge in [0, 0.05) is 11.3 Å². The van der Waals surface area contributed by atoms with Crippen molar-refractivity contribution in [3.8, 4) is 0 Å². The van der Waals surface area contributed by atoms with Gasteiger partial charge in [-0.05, 0) is 59.6 Å². The monoisotopic (exact) mass is 514 g/mol. The first-order chi connectivity index (χ1) is 16.4. The van der Waals surface area contributed by atoms with Gasteiger partial charge in [-0.3, -0.25) is 0 Å². The number of thioether (sulfide) groups is 1. The highest BCUT2D eigenvalue weighted by molar-refractivity contribution is 8.04.